The van der Waals surface area contributed by atoms with Crippen LogP contribution >= 0.6 is 0 Å². The van der Waals surface area contributed by atoms with Crippen molar-refractivity contribution in [2.24, 2.45) is 5.92 Å². The van der Waals surface area contributed by atoms with E-state index in [1.165, 1.54) is 6.07 Å². The van der Waals surface area contributed by atoms with Crippen LogP contribution in [-0.4, -0.2) is 13.1 Å². The smallest absolute Gasteiger partial charge is 0.140 e. The third kappa shape index (κ3) is 4.80. The average Bonchev–Trinajstić information content (AvgIpc) is 2.30. The normalized spacial score (nSPS) is 11.0. The van der Waals surface area contributed by atoms with Crippen molar-refractivity contribution in [3.63, 3.8) is 0 Å². The molecule has 1 rings (SSSR count). The second-order valence-corrected chi connectivity index (χ2v) is 4.31. The second kappa shape index (κ2) is 6.82. The Bertz CT molecular complexity index is 430. The van der Waals surface area contributed by atoms with Crippen molar-refractivity contribution >= 4 is 6.08 Å². The van der Waals surface area contributed by atoms with Gasteiger partial charge in [0.15, 0.2) is 0 Å². The summed E-state index contributed by atoms with van der Waals surface area (Å²) in [5, 5.41) is 12.0. The van der Waals surface area contributed by atoms with Crippen molar-refractivity contribution in [2.45, 2.75) is 13.8 Å². The first-order valence-electron chi connectivity index (χ1n) is 5.70. The lowest BCUT2D eigenvalue weighted by Crippen LogP contribution is -2.19. The first-order chi connectivity index (χ1) is 8.13. The highest BCUT2D eigenvalue weighted by Crippen LogP contribution is 2.10. The molecule has 0 aliphatic heterocycles. The van der Waals surface area contributed by atoms with E-state index < -0.39 is 5.82 Å². The summed E-state index contributed by atoms with van der Waals surface area (Å²) < 4.78 is 13.0. The van der Waals surface area contributed by atoms with Crippen molar-refractivity contribution in [1.82, 2.24) is 5.32 Å². The Kier molecular flexibility index (Phi) is 5.38. The zero-order chi connectivity index (χ0) is 12.7. The standard InChI is InChI=1S/C14H17FN2/c1-11(2)10-17-7-3-4-12-5-6-14(15)13(8-12)9-16/h3-6,8,11,17H,7,10H2,1-2H3/b4-3+. The van der Waals surface area contributed by atoms with Crippen LogP contribution < -0.4 is 5.32 Å². The molecule has 1 aromatic carbocycles. The molecule has 2 nitrogen and oxygen atoms in total. The molecule has 0 heterocycles. The van der Waals surface area contributed by atoms with E-state index in [1.54, 1.807) is 12.1 Å². The van der Waals surface area contributed by atoms with Crippen LogP contribution in [0.5, 0.6) is 0 Å². The minimum Gasteiger partial charge on any atom is -0.313 e. The topological polar surface area (TPSA) is 35.8 Å². The van der Waals surface area contributed by atoms with Gasteiger partial charge in [-0.3, -0.25) is 0 Å². The maximum Gasteiger partial charge on any atom is 0.140 e. The average molecular weight is 232 g/mol. The van der Waals surface area contributed by atoms with E-state index >= 15 is 0 Å². The molecule has 0 spiro atoms. The summed E-state index contributed by atoms with van der Waals surface area (Å²) in [6.45, 7) is 6.04. The molecular formula is C14H17FN2. The Labute approximate surface area is 102 Å². The zero-order valence-corrected chi connectivity index (χ0v) is 10.2. The van der Waals surface area contributed by atoms with Crippen LogP contribution in [0.2, 0.25) is 0 Å². The summed E-state index contributed by atoms with van der Waals surface area (Å²) >= 11 is 0. The zero-order valence-electron chi connectivity index (χ0n) is 10.2. The summed E-state index contributed by atoms with van der Waals surface area (Å²) in [5.41, 5.74) is 0.927. The van der Waals surface area contributed by atoms with Gasteiger partial charge in [-0.15, -0.1) is 0 Å². The van der Waals surface area contributed by atoms with Gasteiger partial charge in [-0.1, -0.05) is 32.1 Å². The number of hydrogen-bond acceptors (Lipinski definition) is 2. The highest BCUT2D eigenvalue weighted by molar-refractivity contribution is 5.52. The molecule has 0 radical (unpaired) electrons. The first kappa shape index (κ1) is 13.4. The van der Waals surface area contributed by atoms with Crippen molar-refractivity contribution in [3.8, 4) is 6.07 Å². The molecule has 0 saturated carbocycles. The lowest BCUT2D eigenvalue weighted by Gasteiger charge is -2.03. The lowest BCUT2D eigenvalue weighted by molar-refractivity contribution is 0.577. The van der Waals surface area contributed by atoms with Crippen LogP contribution in [0, 0.1) is 23.1 Å². The summed E-state index contributed by atoms with van der Waals surface area (Å²) in [7, 11) is 0. The van der Waals surface area contributed by atoms with Gasteiger partial charge in [-0.2, -0.15) is 5.26 Å². The number of nitrogens with zero attached hydrogens (tertiary/aromatic N) is 1. The summed E-state index contributed by atoms with van der Waals surface area (Å²) in [5.74, 6) is 0.155. The van der Waals surface area contributed by atoms with Crippen LogP contribution in [0.3, 0.4) is 0 Å². The van der Waals surface area contributed by atoms with Crippen LogP contribution in [0.15, 0.2) is 24.3 Å². The van der Waals surface area contributed by atoms with Crippen molar-refractivity contribution in [1.29, 1.82) is 5.26 Å². The Hall–Kier alpha value is -1.66. The molecular weight excluding hydrogens is 215 g/mol. The fraction of sp³-hybridized carbons (Fsp3) is 0.357. The number of rotatable bonds is 5. The number of halogens is 1. The van der Waals surface area contributed by atoms with Crippen molar-refractivity contribution in [2.75, 3.05) is 13.1 Å². The number of nitrogens with one attached hydrogen (secondary N) is 1. The van der Waals surface area contributed by atoms with Gasteiger partial charge >= 0.3 is 0 Å². The molecule has 0 aliphatic carbocycles. The SMILES string of the molecule is CC(C)CNC/C=C/c1ccc(F)c(C#N)c1. The van der Waals surface area contributed by atoms with E-state index in [9.17, 15) is 4.39 Å². The molecule has 0 unspecified atom stereocenters. The maximum atomic E-state index is 13.0. The van der Waals surface area contributed by atoms with Gasteiger partial charge in [0.2, 0.25) is 0 Å². The third-order valence-electron chi connectivity index (χ3n) is 2.24. The Balaban J connectivity index is 2.52. The molecule has 3 heteroatoms. The van der Waals surface area contributed by atoms with Gasteiger partial charge in [0, 0.05) is 6.54 Å². The molecule has 0 amide bonds. The molecule has 0 bridgehead atoms. The minimum atomic E-state index is -0.470. The lowest BCUT2D eigenvalue weighted by atomic mass is 10.1. The summed E-state index contributed by atoms with van der Waals surface area (Å²) in [6.07, 6.45) is 3.85. The minimum absolute atomic E-state index is 0.0855. The second-order valence-electron chi connectivity index (χ2n) is 4.31. The highest BCUT2D eigenvalue weighted by atomic mass is 19.1. The highest BCUT2D eigenvalue weighted by Gasteiger charge is 2.00. The Morgan fingerprint density at radius 3 is 2.88 bits per heavy atom. The van der Waals surface area contributed by atoms with Gasteiger partial charge in [-0.25, -0.2) is 4.39 Å². The van der Waals surface area contributed by atoms with Gasteiger partial charge in [0.1, 0.15) is 11.9 Å². The predicted octanol–water partition coefficient (Wildman–Crippen LogP) is 2.96. The van der Waals surface area contributed by atoms with E-state index in [4.69, 9.17) is 5.26 Å². The van der Waals surface area contributed by atoms with Crippen LogP contribution in [-0.2, 0) is 0 Å². The molecule has 0 aromatic heterocycles. The number of hydrogen-bond donors (Lipinski definition) is 1. The van der Waals surface area contributed by atoms with Gasteiger partial charge < -0.3 is 5.32 Å². The molecule has 1 aromatic rings. The van der Waals surface area contributed by atoms with Gasteiger partial charge in [-0.05, 0) is 30.2 Å². The van der Waals surface area contributed by atoms with Gasteiger partial charge in [0.25, 0.3) is 0 Å². The largest absolute Gasteiger partial charge is 0.313 e. The fourth-order valence-corrected chi connectivity index (χ4v) is 1.38. The van der Waals surface area contributed by atoms with E-state index in [0.717, 1.165) is 18.7 Å². The fourth-order valence-electron chi connectivity index (χ4n) is 1.38. The van der Waals surface area contributed by atoms with Crippen LogP contribution in [0.25, 0.3) is 6.08 Å². The molecule has 0 saturated heterocycles. The van der Waals surface area contributed by atoms with Gasteiger partial charge in [0.05, 0.1) is 5.56 Å². The van der Waals surface area contributed by atoms with E-state index in [1.807, 2.05) is 18.2 Å². The Morgan fingerprint density at radius 1 is 1.47 bits per heavy atom. The van der Waals surface area contributed by atoms with Crippen molar-refractivity contribution < 1.29 is 4.39 Å². The quantitative estimate of drug-likeness (QED) is 0.792. The molecule has 17 heavy (non-hydrogen) atoms. The molecule has 1 N–H and O–H groups in total. The first-order valence-corrected chi connectivity index (χ1v) is 5.70. The number of benzene rings is 1. The molecule has 0 aliphatic rings. The van der Waals surface area contributed by atoms with Crippen LogP contribution in [0.4, 0.5) is 4.39 Å². The third-order valence-corrected chi connectivity index (χ3v) is 2.24. The molecule has 0 fully saturated rings. The number of nitriles is 1. The van der Waals surface area contributed by atoms with E-state index in [2.05, 4.69) is 19.2 Å². The van der Waals surface area contributed by atoms with Crippen molar-refractivity contribution in [3.05, 3.63) is 41.2 Å². The monoisotopic (exact) mass is 232 g/mol. The Morgan fingerprint density at radius 2 is 2.24 bits per heavy atom. The van der Waals surface area contributed by atoms with Crippen LogP contribution in [0.1, 0.15) is 25.0 Å². The van der Waals surface area contributed by atoms with E-state index in [0.29, 0.717) is 5.92 Å². The summed E-state index contributed by atoms with van der Waals surface area (Å²) in [4.78, 5) is 0. The predicted molar refractivity (Wildman–Crippen MR) is 67.9 cm³/mol. The maximum absolute atomic E-state index is 13.0. The molecule has 0 atom stereocenters. The van der Waals surface area contributed by atoms with E-state index in [-0.39, 0.29) is 5.56 Å². The summed E-state index contributed by atoms with van der Waals surface area (Å²) in [6, 6.07) is 6.36. The molecule has 90 valence electrons.